The summed E-state index contributed by atoms with van der Waals surface area (Å²) in [6.45, 7) is 1.62. The highest BCUT2D eigenvalue weighted by Gasteiger charge is 2.32. The zero-order chi connectivity index (χ0) is 21.8. The Morgan fingerprint density at radius 1 is 0.933 bits per heavy atom. The summed E-state index contributed by atoms with van der Waals surface area (Å²) in [4.78, 5) is 13.8. The molecule has 0 spiro atoms. The summed E-state index contributed by atoms with van der Waals surface area (Å²) < 4.78 is 64.6. The third kappa shape index (κ3) is 5.59. The highest BCUT2D eigenvalue weighted by molar-refractivity contribution is 7.89. The molecule has 1 amide bonds. The van der Waals surface area contributed by atoms with E-state index in [2.05, 4.69) is 5.32 Å². The Balaban J connectivity index is 1.51. The van der Waals surface area contributed by atoms with E-state index < -0.39 is 21.8 Å². The van der Waals surface area contributed by atoms with Gasteiger partial charge in [0, 0.05) is 32.7 Å². The summed E-state index contributed by atoms with van der Waals surface area (Å²) in [6, 6.07) is 13.0. The second kappa shape index (κ2) is 9.15. The Morgan fingerprint density at radius 3 is 2.10 bits per heavy atom. The lowest BCUT2D eigenvalue weighted by Crippen LogP contribution is -2.50. The molecule has 10 heteroatoms. The number of hydrogen-bond acceptors (Lipinski definition) is 4. The van der Waals surface area contributed by atoms with Crippen molar-refractivity contribution in [3.63, 3.8) is 0 Å². The molecule has 2 aromatic rings. The average Bonchev–Trinajstić information content (AvgIpc) is 2.73. The van der Waals surface area contributed by atoms with Crippen molar-refractivity contribution in [2.75, 3.05) is 32.7 Å². The van der Waals surface area contributed by atoms with Crippen LogP contribution in [0.25, 0.3) is 0 Å². The maximum absolute atomic E-state index is 12.7. The smallest absolute Gasteiger partial charge is 0.351 e. The number of amides is 1. The van der Waals surface area contributed by atoms with Crippen molar-refractivity contribution < 1.29 is 26.4 Å². The normalized spacial score (nSPS) is 16.4. The number of piperazine rings is 1. The van der Waals surface area contributed by atoms with Gasteiger partial charge in [0.15, 0.2) is 0 Å². The molecule has 1 fully saturated rings. The van der Waals surface area contributed by atoms with Crippen LogP contribution in [0, 0.1) is 0 Å². The number of nitrogens with one attached hydrogen (secondary N) is 1. The quantitative estimate of drug-likeness (QED) is 0.747. The minimum atomic E-state index is -4.52. The summed E-state index contributed by atoms with van der Waals surface area (Å²) in [7, 11) is -3.88. The van der Waals surface area contributed by atoms with E-state index in [0.717, 1.165) is 29.8 Å². The molecule has 0 atom stereocenters. The van der Waals surface area contributed by atoms with Gasteiger partial charge < -0.3 is 5.32 Å². The monoisotopic (exact) mass is 441 g/mol. The first-order valence-corrected chi connectivity index (χ1v) is 10.8. The number of carbonyl (C=O) groups is 1. The molecule has 162 valence electrons. The molecule has 1 aliphatic heterocycles. The van der Waals surface area contributed by atoms with Gasteiger partial charge in [-0.05, 0) is 29.8 Å². The fourth-order valence-electron chi connectivity index (χ4n) is 3.15. The van der Waals surface area contributed by atoms with Crippen molar-refractivity contribution in [1.29, 1.82) is 0 Å². The van der Waals surface area contributed by atoms with Crippen LogP contribution in [0.4, 0.5) is 13.2 Å². The Morgan fingerprint density at radius 2 is 1.53 bits per heavy atom. The third-order valence-electron chi connectivity index (χ3n) is 4.85. The third-order valence-corrected chi connectivity index (χ3v) is 6.76. The molecule has 0 aromatic heterocycles. The maximum Gasteiger partial charge on any atom is 0.416 e. The van der Waals surface area contributed by atoms with E-state index in [0.29, 0.717) is 19.6 Å². The molecule has 3 rings (SSSR count). The number of alkyl halides is 3. The van der Waals surface area contributed by atoms with Crippen LogP contribution in [-0.4, -0.2) is 56.3 Å². The van der Waals surface area contributed by atoms with Gasteiger partial charge in [-0.3, -0.25) is 9.69 Å². The first kappa shape index (κ1) is 22.3. The fraction of sp³-hybridized carbons (Fsp3) is 0.350. The zero-order valence-corrected chi connectivity index (χ0v) is 16.9. The Bertz CT molecular complexity index is 956. The van der Waals surface area contributed by atoms with Gasteiger partial charge in [-0.15, -0.1) is 0 Å². The summed E-state index contributed by atoms with van der Waals surface area (Å²) in [6.07, 6.45) is -4.52. The molecule has 0 bridgehead atoms. The standard InChI is InChI=1S/C20H22F3N3O3S/c21-20(22,23)17-6-8-18(9-7-17)30(28,29)26-12-10-25(11-13-26)15-19(27)24-14-16-4-2-1-3-5-16/h1-9H,10-15H2,(H,24,27). The number of halogens is 3. The van der Waals surface area contributed by atoms with Crippen molar-refractivity contribution in [3.8, 4) is 0 Å². The molecule has 0 aliphatic carbocycles. The van der Waals surface area contributed by atoms with Crippen molar-refractivity contribution in [1.82, 2.24) is 14.5 Å². The second-order valence-corrected chi connectivity index (χ2v) is 8.90. The highest BCUT2D eigenvalue weighted by Crippen LogP contribution is 2.30. The molecule has 0 radical (unpaired) electrons. The maximum atomic E-state index is 12.7. The second-order valence-electron chi connectivity index (χ2n) is 6.96. The molecular formula is C20H22F3N3O3S. The van der Waals surface area contributed by atoms with Crippen LogP contribution in [0.15, 0.2) is 59.5 Å². The Hall–Kier alpha value is -2.43. The Kier molecular flexibility index (Phi) is 6.79. The van der Waals surface area contributed by atoms with Crippen LogP contribution in [0.2, 0.25) is 0 Å². The molecule has 1 saturated heterocycles. The van der Waals surface area contributed by atoms with Crippen molar-refractivity contribution >= 4 is 15.9 Å². The topological polar surface area (TPSA) is 69.7 Å². The molecular weight excluding hydrogens is 419 g/mol. The van der Waals surface area contributed by atoms with Crippen LogP contribution >= 0.6 is 0 Å². The minimum Gasteiger partial charge on any atom is -0.351 e. The van der Waals surface area contributed by atoms with Crippen LogP contribution < -0.4 is 5.32 Å². The van der Waals surface area contributed by atoms with E-state index in [1.807, 2.05) is 35.2 Å². The van der Waals surface area contributed by atoms with Gasteiger partial charge in [-0.2, -0.15) is 17.5 Å². The van der Waals surface area contributed by atoms with Gasteiger partial charge >= 0.3 is 6.18 Å². The SMILES string of the molecule is O=C(CN1CCN(S(=O)(=O)c2ccc(C(F)(F)F)cc2)CC1)NCc1ccccc1. The van der Waals surface area contributed by atoms with E-state index in [1.165, 1.54) is 4.31 Å². The van der Waals surface area contributed by atoms with Crippen molar-refractivity contribution in [2.45, 2.75) is 17.6 Å². The van der Waals surface area contributed by atoms with Gasteiger partial charge in [0.05, 0.1) is 17.0 Å². The molecule has 1 aliphatic rings. The van der Waals surface area contributed by atoms with Gasteiger partial charge in [0.25, 0.3) is 0 Å². The summed E-state index contributed by atoms with van der Waals surface area (Å²) in [5.74, 6) is -0.155. The Labute approximate surface area is 173 Å². The predicted octanol–water partition coefficient (Wildman–Crippen LogP) is 2.33. The first-order chi connectivity index (χ1) is 14.2. The first-order valence-electron chi connectivity index (χ1n) is 9.36. The molecule has 6 nitrogen and oxygen atoms in total. The van der Waals surface area contributed by atoms with Crippen LogP contribution in [0.1, 0.15) is 11.1 Å². The number of carbonyl (C=O) groups excluding carboxylic acids is 1. The number of nitrogens with zero attached hydrogens (tertiary/aromatic N) is 2. The molecule has 0 saturated carbocycles. The molecule has 0 unspecified atom stereocenters. The average molecular weight is 441 g/mol. The van der Waals surface area contributed by atoms with E-state index in [4.69, 9.17) is 0 Å². The van der Waals surface area contributed by atoms with Crippen molar-refractivity contribution in [3.05, 3.63) is 65.7 Å². The van der Waals surface area contributed by atoms with Crippen LogP contribution in [-0.2, 0) is 27.5 Å². The molecule has 1 N–H and O–H groups in total. The van der Waals surface area contributed by atoms with Crippen LogP contribution in [0.5, 0.6) is 0 Å². The number of hydrogen-bond donors (Lipinski definition) is 1. The van der Waals surface area contributed by atoms with E-state index >= 15 is 0 Å². The summed E-state index contributed by atoms with van der Waals surface area (Å²) >= 11 is 0. The van der Waals surface area contributed by atoms with Crippen molar-refractivity contribution in [2.24, 2.45) is 0 Å². The number of benzene rings is 2. The van der Waals surface area contributed by atoms with E-state index in [-0.39, 0.29) is 30.4 Å². The van der Waals surface area contributed by atoms with Gasteiger partial charge in [-0.25, -0.2) is 8.42 Å². The van der Waals surface area contributed by atoms with Gasteiger partial charge in [-0.1, -0.05) is 30.3 Å². The predicted molar refractivity (Wildman–Crippen MR) is 105 cm³/mol. The zero-order valence-electron chi connectivity index (χ0n) is 16.1. The highest BCUT2D eigenvalue weighted by atomic mass is 32.2. The van der Waals surface area contributed by atoms with Gasteiger partial charge in [0.1, 0.15) is 0 Å². The fourth-order valence-corrected chi connectivity index (χ4v) is 4.57. The van der Waals surface area contributed by atoms with E-state index in [9.17, 15) is 26.4 Å². The lowest BCUT2D eigenvalue weighted by atomic mass is 10.2. The molecule has 1 heterocycles. The van der Waals surface area contributed by atoms with Gasteiger partial charge in [0.2, 0.25) is 15.9 Å². The minimum absolute atomic E-state index is 0.154. The lowest BCUT2D eigenvalue weighted by Gasteiger charge is -2.33. The summed E-state index contributed by atoms with van der Waals surface area (Å²) in [5.41, 5.74) is 0.0890. The lowest BCUT2D eigenvalue weighted by molar-refractivity contribution is -0.137. The molecule has 2 aromatic carbocycles. The number of sulfonamides is 1. The largest absolute Gasteiger partial charge is 0.416 e. The summed E-state index contributed by atoms with van der Waals surface area (Å²) in [5, 5.41) is 2.83. The molecule has 30 heavy (non-hydrogen) atoms. The number of rotatable bonds is 6. The van der Waals surface area contributed by atoms with Crippen LogP contribution in [0.3, 0.4) is 0 Å². The van der Waals surface area contributed by atoms with E-state index in [1.54, 1.807) is 0 Å².